The number of aryl methyl sites for hydroxylation is 1. The SMILES string of the molecule is Cc1cccc(NC(=O)[C@H](Cc2ccccc2)NS(=O)(=O)c2cccc3cccnc23)c1C. The molecule has 0 radical (unpaired) electrons. The number of anilines is 1. The first-order valence-electron chi connectivity index (χ1n) is 10.6. The summed E-state index contributed by atoms with van der Waals surface area (Å²) >= 11 is 0. The van der Waals surface area contributed by atoms with Crippen LogP contribution < -0.4 is 10.0 Å². The predicted octanol–water partition coefficient (Wildman–Crippen LogP) is 4.38. The average Bonchev–Trinajstić information content (AvgIpc) is 2.81. The van der Waals surface area contributed by atoms with Crippen molar-refractivity contribution in [2.75, 3.05) is 5.32 Å². The van der Waals surface area contributed by atoms with Crippen molar-refractivity contribution in [1.29, 1.82) is 0 Å². The first kappa shape index (κ1) is 22.6. The van der Waals surface area contributed by atoms with E-state index in [0.29, 0.717) is 16.6 Å². The fourth-order valence-electron chi connectivity index (χ4n) is 3.69. The Balaban J connectivity index is 1.68. The van der Waals surface area contributed by atoms with Crippen LogP contribution in [-0.4, -0.2) is 25.4 Å². The second-order valence-electron chi connectivity index (χ2n) is 7.93. The van der Waals surface area contributed by atoms with Crippen LogP contribution in [0.2, 0.25) is 0 Å². The van der Waals surface area contributed by atoms with Crippen LogP contribution in [0.25, 0.3) is 10.9 Å². The number of sulfonamides is 1. The first-order valence-corrected chi connectivity index (χ1v) is 12.1. The molecule has 0 spiro atoms. The summed E-state index contributed by atoms with van der Waals surface area (Å²) < 4.78 is 29.4. The molecule has 1 amide bonds. The highest BCUT2D eigenvalue weighted by atomic mass is 32.2. The maximum Gasteiger partial charge on any atom is 0.243 e. The van der Waals surface area contributed by atoms with Gasteiger partial charge in [-0.1, -0.05) is 60.7 Å². The second kappa shape index (κ2) is 9.52. The number of rotatable bonds is 7. The van der Waals surface area contributed by atoms with Crippen molar-refractivity contribution in [2.45, 2.75) is 31.2 Å². The van der Waals surface area contributed by atoms with E-state index < -0.39 is 22.0 Å². The van der Waals surface area contributed by atoms with Gasteiger partial charge in [0.1, 0.15) is 10.9 Å². The molecule has 0 saturated heterocycles. The quantitative estimate of drug-likeness (QED) is 0.429. The van der Waals surface area contributed by atoms with Crippen molar-refractivity contribution >= 4 is 32.5 Å². The van der Waals surface area contributed by atoms with E-state index in [2.05, 4.69) is 15.0 Å². The van der Waals surface area contributed by atoms with Crippen LogP contribution in [0.3, 0.4) is 0 Å². The van der Waals surface area contributed by atoms with Gasteiger partial charge in [-0.3, -0.25) is 9.78 Å². The Hall–Kier alpha value is -3.55. The lowest BCUT2D eigenvalue weighted by molar-refractivity contribution is -0.117. The van der Waals surface area contributed by atoms with Crippen LogP contribution in [0.5, 0.6) is 0 Å². The topological polar surface area (TPSA) is 88.2 Å². The molecule has 6 nitrogen and oxygen atoms in total. The Morgan fingerprint density at radius 3 is 2.42 bits per heavy atom. The van der Waals surface area contributed by atoms with Gasteiger partial charge in [0.25, 0.3) is 0 Å². The van der Waals surface area contributed by atoms with Crippen molar-refractivity contribution in [3.8, 4) is 0 Å². The number of carbonyl (C=O) groups is 1. The van der Waals surface area contributed by atoms with E-state index in [9.17, 15) is 13.2 Å². The number of nitrogens with one attached hydrogen (secondary N) is 2. The normalized spacial score (nSPS) is 12.4. The van der Waals surface area contributed by atoms with Gasteiger partial charge < -0.3 is 5.32 Å². The van der Waals surface area contributed by atoms with E-state index in [1.807, 2.05) is 62.4 Å². The molecular formula is C26H25N3O3S. The first-order chi connectivity index (χ1) is 15.8. The van der Waals surface area contributed by atoms with Gasteiger partial charge in [0.15, 0.2) is 0 Å². The number of hydrogen-bond donors (Lipinski definition) is 2. The summed E-state index contributed by atoms with van der Waals surface area (Å²) in [7, 11) is -4.04. The zero-order valence-corrected chi connectivity index (χ0v) is 19.3. The third-order valence-corrected chi connectivity index (χ3v) is 7.15. The molecule has 2 N–H and O–H groups in total. The number of nitrogens with zero attached hydrogens (tertiary/aromatic N) is 1. The smallest absolute Gasteiger partial charge is 0.243 e. The lowest BCUT2D eigenvalue weighted by Crippen LogP contribution is -2.45. The molecule has 1 heterocycles. The summed E-state index contributed by atoms with van der Waals surface area (Å²) in [6.45, 7) is 3.88. The molecule has 4 rings (SSSR count). The average molecular weight is 460 g/mol. The van der Waals surface area contributed by atoms with Gasteiger partial charge >= 0.3 is 0 Å². The van der Waals surface area contributed by atoms with Crippen molar-refractivity contribution < 1.29 is 13.2 Å². The van der Waals surface area contributed by atoms with E-state index >= 15 is 0 Å². The molecule has 3 aromatic carbocycles. The molecule has 0 aliphatic rings. The van der Waals surface area contributed by atoms with E-state index in [0.717, 1.165) is 16.7 Å². The minimum atomic E-state index is -4.04. The highest BCUT2D eigenvalue weighted by Gasteiger charge is 2.28. The van der Waals surface area contributed by atoms with E-state index in [1.54, 1.807) is 30.5 Å². The molecule has 0 aliphatic carbocycles. The Kier molecular flexibility index (Phi) is 6.53. The van der Waals surface area contributed by atoms with Crippen LogP contribution in [0.15, 0.2) is 90.0 Å². The zero-order valence-electron chi connectivity index (χ0n) is 18.4. The summed E-state index contributed by atoms with van der Waals surface area (Å²) in [5, 5.41) is 3.61. The molecular weight excluding hydrogens is 434 g/mol. The van der Waals surface area contributed by atoms with Gasteiger partial charge in [-0.15, -0.1) is 0 Å². The summed E-state index contributed by atoms with van der Waals surface area (Å²) in [6, 6.07) is 22.5. The fraction of sp³-hybridized carbons (Fsp3) is 0.154. The molecule has 4 aromatic rings. The minimum absolute atomic E-state index is 0.0400. The molecule has 0 aliphatic heterocycles. The number of hydrogen-bond acceptors (Lipinski definition) is 4. The van der Waals surface area contributed by atoms with Crippen LogP contribution in [0.1, 0.15) is 16.7 Å². The molecule has 0 unspecified atom stereocenters. The van der Waals surface area contributed by atoms with Crippen LogP contribution in [0, 0.1) is 13.8 Å². The van der Waals surface area contributed by atoms with Crippen molar-refractivity contribution in [2.24, 2.45) is 0 Å². The van der Waals surface area contributed by atoms with E-state index in [-0.39, 0.29) is 11.3 Å². The summed E-state index contributed by atoms with van der Waals surface area (Å²) in [5.74, 6) is -0.427. The summed E-state index contributed by atoms with van der Waals surface area (Å²) in [6.07, 6.45) is 1.75. The van der Waals surface area contributed by atoms with Crippen LogP contribution in [0.4, 0.5) is 5.69 Å². The predicted molar refractivity (Wildman–Crippen MR) is 131 cm³/mol. The van der Waals surface area contributed by atoms with Crippen LogP contribution >= 0.6 is 0 Å². The number of para-hydroxylation sites is 1. The minimum Gasteiger partial charge on any atom is -0.324 e. The third kappa shape index (κ3) is 5.10. The zero-order chi connectivity index (χ0) is 23.4. The lowest BCUT2D eigenvalue weighted by atomic mass is 10.0. The maximum absolute atomic E-state index is 13.4. The second-order valence-corrected chi connectivity index (χ2v) is 9.61. The molecule has 1 aromatic heterocycles. The van der Waals surface area contributed by atoms with Gasteiger partial charge in [0.05, 0.1) is 5.52 Å². The highest BCUT2D eigenvalue weighted by Crippen LogP contribution is 2.22. The van der Waals surface area contributed by atoms with Gasteiger partial charge in [0.2, 0.25) is 15.9 Å². The lowest BCUT2D eigenvalue weighted by Gasteiger charge is -2.20. The fourth-order valence-corrected chi connectivity index (χ4v) is 5.06. The molecule has 0 fully saturated rings. The molecule has 7 heteroatoms. The van der Waals surface area contributed by atoms with Gasteiger partial charge in [-0.25, -0.2) is 8.42 Å². The van der Waals surface area contributed by atoms with Crippen LogP contribution in [-0.2, 0) is 21.2 Å². The number of amides is 1. The van der Waals surface area contributed by atoms with E-state index in [4.69, 9.17) is 0 Å². The third-order valence-electron chi connectivity index (χ3n) is 5.64. The maximum atomic E-state index is 13.4. The number of pyridine rings is 1. The van der Waals surface area contributed by atoms with Gasteiger partial charge in [-0.2, -0.15) is 4.72 Å². The standard InChI is InChI=1S/C26H25N3O3S/c1-18-9-6-14-22(19(18)2)28-26(30)23(17-20-10-4-3-5-11-20)29-33(31,32)24-15-7-12-21-13-8-16-27-25(21)24/h3-16,23,29H,17H2,1-2H3,(H,28,30)/t23-/m0/s1. The summed E-state index contributed by atoms with van der Waals surface area (Å²) in [5.41, 5.74) is 3.84. The monoisotopic (exact) mass is 459 g/mol. The molecule has 168 valence electrons. The Morgan fingerprint density at radius 1 is 0.909 bits per heavy atom. The van der Waals surface area contributed by atoms with Crippen molar-refractivity contribution in [3.63, 3.8) is 0 Å². The number of fused-ring (bicyclic) bond motifs is 1. The van der Waals surface area contributed by atoms with Gasteiger partial charge in [-0.05, 0) is 55.2 Å². The number of benzene rings is 3. The van der Waals surface area contributed by atoms with E-state index in [1.165, 1.54) is 6.07 Å². The molecule has 33 heavy (non-hydrogen) atoms. The largest absolute Gasteiger partial charge is 0.324 e. The molecule has 0 bridgehead atoms. The van der Waals surface area contributed by atoms with Crippen molar-refractivity contribution in [1.82, 2.24) is 9.71 Å². The van der Waals surface area contributed by atoms with Crippen molar-refractivity contribution in [3.05, 3.63) is 102 Å². The number of aromatic nitrogens is 1. The molecule has 0 saturated carbocycles. The Bertz CT molecular complexity index is 1400. The summed E-state index contributed by atoms with van der Waals surface area (Å²) in [4.78, 5) is 17.6. The van der Waals surface area contributed by atoms with Gasteiger partial charge in [0, 0.05) is 17.3 Å². The molecule has 1 atom stereocenters. The highest BCUT2D eigenvalue weighted by molar-refractivity contribution is 7.89. The number of carbonyl (C=O) groups excluding carboxylic acids is 1. The Morgan fingerprint density at radius 2 is 1.64 bits per heavy atom. The Labute approximate surface area is 193 Å².